The summed E-state index contributed by atoms with van der Waals surface area (Å²) >= 11 is -0.174. The highest BCUT2D eigenvalue weighted by molar-refractivity contribution is 8.00. The SMILES string of the molecule is COc1cc(NC(=O)[C@@H]([NH3+])CCSC(F)(F)F)cc(OC)c1OC.[Cl-]. The zero-order chi connectivity index (χ0) is 18.3. The molecule has 0 saturated carbocycles. The molecule has 144 valence electrons. The van der Waals surface area contributed by atoms with E-state index in [2.05, 4.69) is 11.1 Å². The second-order valence-corrected chi connectivity index (χ2v) is 5.84. The van der Waals surface area contributed by atoms with Crippen LogP contribution in [0.3, 0.4) is 0 Å². The lowest BCUT2D eigenvalue weighted by Crippen LogP contribution is -3.00. The number of quaternary nitrogens is 1. The Morgan fingerprint density at radius 3 is 2.12 bits per heavy atom. The molecular weight excluding hydrogens is 385 g/mol. The van der Waals surface area contributed by atoms with E-state index in [0.717, 1.165) is 0 Å². The highest BCUT2D eigenvalue weighted by Gasteiger charge is 2.29. The maximum atomic E-state index is 12.1. The molecule has 0 bridgehead atoms. The lowest BCUT2D eigenvalue weighted by Gasteiger charge is -2.15. The minimum atomic E-state index is -4.31. The molecular formula is C14H20ClF3N2O4S. The summed E-state index contributed by atoms with van der Waals surface area (Å²) in [6.45, 7) is 0. The molecule has 1 rings (SSSR count). The van der Waals surface area contributed by atoms with Gasteiger partial charge in [-0.1, -0.05) is 11.8 Å². The predicted octanol–water partition coefficient (Wildman–Crippen LogP) is -1.09. The molecule has 1 aromatic carbocycles. The van der Waals surface area contributed by atoms with Crippen LogP contribution in [-0.4, -0.2) is 44.5 Å². The standard InChI is InChI=1S/C14H19F3N2O4S.ClH/c1-21-10-6-8(7-11(22-2)12(10)23-3)19-13(20)9(18)4-5-24-14(15,16)17;/h6-7,9H,4-5,18H2,1-3H3,(H,19,20);1H/t9-;/m0./s1. The Bertz CT molecular complexity index is 550. The summed E-state index contributed by atoms with van der Waals surface area (Å²) < 4.78 is 51.8. The van der Waals surface area contributed by atoms with Gasteiger partial charge in [-0.05, 0) is 0 Å². The number of alkyl halides is 3. The molecule has 1 atom stereocenters. The van der Waals surface area contributed by atoms with Crippen LogP contribution in [0.5, 0.6) is 17.2 Å². The van der Waals surface area contributed by atoms with Crippen LogP contribution in [0.2, 0.25) is 0 Å². The van der Waals surface area contributed by atoms with Gasteiger partial charge in [0, 0.05) is 30.0 Å². The Balaban J connectivity index is 0.00000576. The fourth-order valence-electron chi connectivity index (χ4n) is 1.85. The largest absolute Gasteiger partial charge is 1.00 e. The predicted molar refractivity (Wildman–Crippen MR) is 84.5 cm³/mol. The molecule has 0 aliphatic rings. The minimum Gasteiger partial charge on any atom is -1.00 e. The van der Waals surface area contributed by atoms with Gasteiger partial charge in [0.05, 0.1) is 21.3 Å². The molecule has 4 N–H and O–H groups in total. The number of nitrogens with one attached hydrogen (secondary N) is 1. The van der Waals surface area contributed by atoms with Crippen molar-refractivity contribution in [3.63, 3.8) is 0 Å². The molecule has 0 radical (unpaired) electrons. The van der Waals surface area contributed by atoms with Crippen LogP contribution in [0.15, 0.2) is 12.1 Å². The van der Waals surface area contributed by atoms with Crippen molar-refractivity contribution < 1.29 is 50.3 Å². The highest BCUT2D eigenvalue weighted by atomic mass is 35.5. The van der Waals surface area contributed by atoms with Crippen LogP contribution in [0, 0.1) is 0 Å². The zero-order valence-electron chi connectivity index (χ0n) is 13.9. The maximum absolute atomic E-state index is 12.1. The van der Waals surface area contributed by atoms with Crippen molar-refractivity contribution in [3.8, 4) is 17.2 Å². The van der Waals surface area contributed by atoms with E-state index in [-0.39, 0.29) is 36.3 Å². The fraction of sp³-hybridized carbons (Fsp3) is 0.500. The van der Waals surface area contributed by atoms with Crippen molar-refractivity contribution in [3.05, 3.63) is 12.1 Å². The van der Waals surface area contributed by atoms with Crippen molar-refractivity contribution in [1.82, 2.24) is 0 Å². The Labute approximate surface area is 154 Å². The fourth-order valence-corrected chi connectivity index (χ4v) is 2.48. The first-order valence-electron chi connectivity index (χ1n) is 6.86. The number of hydrogen-bond donors (Lipinski definition) is 2. The van der Waals surface area contributed by atoms with Gasteiger partial charge >= 0.3 is 5.51 Å². The van der Waals surface area contributed by atoms with E-state index in [4.69, 9.17) is 14.2 Å². The molecule has 11 heteroatoms. The number of benzene rings is 1. The van der Waals surface area contributed by atoms with Crippen LogP contribution in [0.4, 0.5) is 18.9 Å². The van der Waals surface area contributed by atoms with Crippen LogP contribution < -0.4 is 37.7 Å². The summed E-state index contributed by atoms with van der Waals surface area (Å²) in [7, 11) is 4.31. The third-order valence-electron chi connectivity index (χ3n) is 3.04. The summed E-state index contributed by atoms with van der Waals surface area (Å²) in [4.78, 5) is 12.0. The summed E-state index contributed by atoms with van der Waals surface area (Å²) in [6, 6.07) is 2.23. The summed E-state index contributed by atoms with van der Waals surface area (Å²) in [6.07, 6.45) is 0.000431. The van der Waals surface area contributed by atoms with E-state index in [1.165, 1.54) is 33.5 Å². The lowest BCUT2D eigenvalue weighted by atomic mass is 10.2. The van der Waals surface area contributed by atoms with Crippen molar-refractivity contribution in [2.45, 2.75) is 18.0 Å². The van der Waals surface area contributed by atoms with Gasteiger partial charge in [0.1, 0.15) is 0 Å². The minimum absolute atomic E-state index is 0. The number of thioether (sulfide) groups is 1. The number of anilines is 1. The number of halogens is 4. The van der Waals surface area contributed by atoms with Gasteiger partial charge in [0.25, 0.3) is 5.91 Å². The van der Waals surface area contributed by atoms with Crippen molar-refractivity contribution >= 4 is 23.4 Å². The van der Waals surface area contributed by atoms with Gasteiger partial charge in [-0.15, -0.1) is 0 Å². The molecule has 0 heterocycles. The zero-order valence-corrected chi connectivity index (χ0v) is 15.5. The lowest BCUT2D eigenvalue weighted by molar-refractivity contribution is -0.402. The van der Waals surface area contributed by atoms with E-state index in [1.807, 2.05) is 0 Å². The summed E-state index contributed by atoms with van der Waals surface area (Å²) in [5, 5.41) is 2.58. The molecule has 0 unspecified atom stereocenters. The first kappa shape index (κ1) is 23.5. The van der Waals surface area contributed by atoms with Gasteiger partial charge in [-0.25, -0.2) is 0 Å². The Morgan fingerprint density at radius 2 is 1.72 bits per heavy atom. The molecule has 1 amide bonds. The molecule has 25 heavy (non-hydrogen) atoms. The summed E-state index contributed by atoms with van der Waals surface area (Å²) in [5.74, 6) is 0.332. The van der Waals surface area contributed by atoms with E-state index < -0.39 is 17.5 Å². The quantitative estimate of drug-likeness (QED) is 0.575. The third-order valence-corrected chi connectivity index (χ3v) is 3.80. The smallest absolute Gasteiger partial charge is 0.441 e. The second-order valence-electron chi connectivity index (χ2n) is 4.68. The van der Waals surface area contributed by atoms with Crippen LogP contribution in [0.1, 0.15) is 6.42 Å². The number of ether oxygens (including phenoxy) is 3. The molecule has 6 nitrogen and oxygen atoms in total. The van der Waals surface area contributed by atoms with Crippen LogP contribution in [0.25, 0.3) is 0 Å². The number of carbonyl (C=O) groups is 1. The first-order valence-corrected chi connectivity index (χ1v) is 7.85. The molecule has 0 aliphatic carbocycles. The molecule has 0 saturated heterocycles. The van der Waals surface area contributed by atoms with E-state index in [0.29, 0.717) is 22.9 Å². The molecule has 0 aliphatic heterocycles. The van der Waals surface area contributed by atoms with Crippen LogP contribution >= 0.6 is 11.8 Å². The van der Waals surface area contributed by atoms with Gasteiger partial charge in [-0.2, -0.15) is 13.2 Å². The second kappa shape index (κ2) is 10.5. The number of hydrogen-bond acceptors (Lipinski definition) is 5. The number of methoxy groups -OCH3 is 3. The topological polar surface area (TPSA) is 84.4 Å². The Kier molecular flexibility index (Phi) is 9.83. The first-order chi connectivity index (χ1) is 11.2. The van der Waals surface area contributed by atoms with Crippen molar-refractivity contribution in [2.75, 3.05) is 32.4 Å². The average molecular weight is 405 g/mol. The highest BCUT2D eigenvalue weighted by Crippen LogP contribution is 2.40. The number of carbonyl (C=O) groups excluding carboxylic acids is 1. The molecule has 0 fully saturated rings. The number of rotatable bonds is 8. The van der Waals surface area contributed by atoms with Crippen molar-refractivity contribution in [1.29, 1.82) is 0 Å². The molecule has 1 aromatic rings. The van der Waals surface area contributed by atoms with Crippen LogP contribution in [-0.2, 0) is 4.79 Å². The monoisotopic (exact) mass is 404 g/mol. The third kappa shape index (κ3) is 7.49. The van der Waals surface area contributed by atoms with E-state index >= 15 is 0 Å². The average Bonchev–Trinajstić information content (AvgIpc) is 2.52. The van der Waals surface area contributed by atoms with E-state index in [9.17, 15) is 18.0 Å². The van der Waals surface area contributed by atoms with Gasteiger partial charge in [0.15, 0.2) is 17.5 Å². The van der Waals surface area contributed by atoms with Gasteiger partial charge in [0.2, 0.25) is 5.75 Å². The van der Waals surface area contributed by atoms with Gasteiger partial charge in [-0.3, -0.25) is 4.79 Å². The molecule has 0 aromatic heterocycles. The van der Waals surface area contributed by atoms with Gasteiger partial charge < -0.3 is 37.7 Å². The molecule has 0 spiro atoms. The Hall–Kier alpha value is -1.52. The maximum Gasteiger partial charge on any atom is 0.441 e. The summed E-state index contributed by atoms with van der Waals surface area (Å²) in [5.41, 5.74) is -0.353. The Morgan fingerprint density at radius 1 is 1.20 bits per heavy atom. The van der Waals surface area contributed by atoms with E-state index in [1.54, 1.807) is 0 Å². The van der Waals surface area contributed by atoms with Crippen molar-refractivity contribution in [2.24, 2.45) is 0 Å². The normalized spacial score (nSPS) is 12.0. The number of amides is 1.